The molecule has 0 fully saturated rings. The minimum atomic E-state index is -1.17. The van der Waals surface area contributed by atoms with Crippen LogP contribution >= 0.6 is 0 Å². The van der Waals surface area contributed by atoms with Crippen LogP contribution in [0.25, 0.3) is 0 Å². The van der Waals surface area contributed by atoms with Gasteiger partial charge in [-0.2, -0.15) is 10.5 Å². The number of allylic oxidation sites excluding steroid dienone is 1. The van der Waals surface area contributed by atoms with Crippen LogP contribution in [0, 0.1) is 22.7 Å². The number of rotatable bonds is 3. The molecule has 0 aliphatic rings. The van der Waals surface area contributed by atoms with Crippen molar-refractivity contribution in [1.82, 2.24) is 4.57 Å². The molecule has 1 atom stereocenters. The lowest BCUT2D eigenvalue weighted by Gasteiger charge is -1.98. The Labute approximate surface area is 81.9 Å². The molecule has 1 rings (SSSR count). The molecule has 0 bridgehead atoms. The summed E-state index contributed by atoms with van der Waals surface area (Å²) >= 11 is 0. The molecule has 0 aliphatic carbocycles. The molecule has 0 saturated carbocycles. The van der Waals surface area contributed by atoms with Crippen molar-refractivity contribution in [2.45, 2.75) is 12.6 Å². The Bertz CT molecular complexity index is 420. The van der Waals surface area contributed by atoms with E-state index in [4.69, 9.17) is 10.5 Å². The highest BCUT2D eigenvalue weighted by Gasteiger charge is 2.11. The normalized spacial score (nSPS) is 11.4. The van der Waals surface area contributed by atoms with Crippen LogP contribution in [0.3, 0.4) is 0 Å². The molecular formula is C10H9N3O. The smallest absolute Gasteiger partial charge is 0.167 e. The van der Waals surface area contributed by atoms with E-state index in [-0.39, 0.29) is 0 Å². The molecule has 1 unspecified atom stereocenters. The second-order valence-corrected chi connectivity index (χ2v) is 2.74. The monoisotopic (exact) mass is 187 g/mol. The zero-order valence-electron chi connectivity index (χ0n) is 7.51. The fraction of sp³-hybridized carbons (Fsp3) is 0.200. The third-order valence-corrected chi connectivity index (χ3v) is 1.80. The molecule has 0 aliphatic heterocycles. The second-order valence-electron chi connectivity index (χ2n) is 2.74. The predicted octanol–water partition coefficient (Wildman–Crippen LogP) is 1.10. The van der Waals surface area contributed by atoms with Crippen LogP contribution < -0.4 is 0 Å². The first-order chi connectivity index (χ1) is 6.72. The van der Waals surface area contributed by atoms with Gasteiger partial charge in [-0.1, -0.05) is 6.08 Å². The summed E-state index contributed by atoms with van der Waals surface area (Å²) in [5.41, 5.74) is 0.847. The first-order valence-electron chi connectivity index (χ1n) is 4.01. The molecule has 70 valence electrons. The molecule has 4 heteroatoms. The number of hydrogen-bond acceptors (Lipinski definition) is 3. The Kier molecular flexibility index (Phi) is 3.06. The van der Waals surface area contributed by atoms with Crippen molar-refractivity contribution in [3.8, 4) is 12.1 Å². The van der Waals surface area contributed by atoms with Crippen LogP contribution in [0.1, 0.15) is 17.4 Å². The van der Waals surface area contributed by atoms with Gasteiger partial charge in [-0.25, -0.2) is 0 Å². The predicted molar refractivity (Wildman–Crippen MR) is 49.9 cm³/mol. The summed E-state index contributed by atoms with van der Waals surface area (Å²) < 4.78 is 1.63. The van der Waals surface area contributed by atoms with E-state index < -0.39 is 6.10 Å². The summed E-state index contributed by atoms with van der Waals surface area (Å²) in [6.45, 7) is 4.04. The average molecular weight is 187 g/mol. The quantitative estimate of drug-likeness (QED) is 0.569. The fourth-order valence-corrected chi connectivity index (χ4v) is 1.14. The zero-order chi connectivity index (χ0) is 10.6. The van der Waals surface area contributed by atoms with Gasteiger partial charge in [-0.15, -0.1) is 6.58 Å². The number of hydrogen-bond donors (Lipinski definition) is 1. The topological polar surface area (TPSA) is 72.7 Å². The highest BCUT2D eigenvalue weighted by Crippen LogP contribution is 2.15. The van der Waals surface area contributed by atoms with E-state index in [1.54, 1.807) is 22.9 Å². The van der Waals surface area contributed by atoms with Crippen LogP contribution in [0.2, 0.25) is 0 Å². The zero-order valence-corrected chi connectivity index (χ0v) is 7.51. The van der Waals surface area contributed by atoms with Crippen molar-refractivity contribution < 1.29 is 5.11 Å². The van der Waals surface area contributed by atoms with Crippen molar-refractivity contribution >= 4 is 0 Å². The van der Waals surface area contributed by atoms with Gasteiger partial charge in [0.2, 0.25) is 0 Å². The van der Waals surface area contributed by atoms with Crippen molar-refractivity contribution in [3.63, 3.8) is 0 Å². The van der Waals surface area contributed by atoms with Crippen LogP contribution in [-0.2, 0) is 6.54 Å². The Morgan fingerprint density at radius 3 is 2.86 bits per heavy atom. The molecule has 14 heavy (non-hydrogen) atoms. The standard InChI is InChI=1S/C10H9N3O/c1-2-3-13-7-8(10(14)6-12)4-9(13)5-11/h2,4,7,10,14H,1,3H2. The van der Waals surface area contributed by atoms with Gasteiger partial charge in [0.15, 0.2) is 6.10 Å². The number of aliphatic hydroxyl groups excluding tert-OH is 1. The Morgan fingerprint density at radius 2 is 2.36 bits per heavy atom. The summed E-state index contributed by atoms with van der Waals surface area (Å²) in [4.78, 5) is 0. The molecule has 0 radical (unpaired) electrons. The summed E-state index contributed by atoms with van der Waals surface area (Å²) in [5, 5.41) is 26.4. The maximum absolute atomic E-state index is 9.22. The van der Waals surface area contributed by atoms with Crippen LogP contribution in [0.15, 0.2) is 24.9 Å². The lowest BCUT2D eigenvalue weighted by Crippen LogP contribution is -1.95. The Hall–Kier alpha value is -2.04. The van der Waals surface area contributed by atoms with Crippen molar-refractivity contribution in [1.29, 1.82) is 10.5 Å². The molecular weight excluding hydrogens is 178 g/mol. The highest BCUT2D eigenvalue weighted by molar-refractivity contribution is 5.32. The lowest BCUT2D eigenvalue weighted by molar-refractivity contribution is 0.236. The third kappa shape index (κ3) is 1.82. The van der Waals surface area contributed by atoms with Gasteiger partial charge in [0, 0.05) is 18.3 Å². The van der Waals surface area contributed by atoms with E-state index in [2.05, 4.69) is 6.58 Å². The molecule has 4 nitrogen and oxygen atoms in total. The molecule has 0 spiro atoms. The summed E-state index contributed by atoms with van der Waals surface area (Å²) in [6.07, 6.45) is 2.05. The van der Waals surface area contributed by atoms with Crippen LogP contribution in [-0.4, -0.2) is 9.67 Å². The molecule has 0 amide bonds. The molecule has 1 aromatic heterocycles. The van der Waals surface area contributed by atoms with E-state index in [9.17, 15) is 5.11 Å². The van der Waals surface area contributed by atoms with E-state index in [1.807, 2.05) is 6.07 Å². The van der Waals surface area contributed by atoms with Crippen molar-refractivity contribution in [2.75, 3.05) is 0 Å². The van der Waals surface area contributed by atoms with Gasteiger partial charge in [0.25, 0.3) is 0 Å². The number of nitriles is 2. The minimum absolute atomic E-state index is 0.411. The number of nitrogens with zero attached hydrogens (tertiary/aromatic N) is 3. The van der Waals surface area contributed by atoms with Crippen molar-refractivity contribution in [3.05, 3.63) is 36.2 Å². The third-order valence-electron chi connectivity index (χ3n) is 1.80. The SMILES string of the molecule is C=CCn1cc(C(O)C#N)cc1C#N. The van der Waals surface area contributed by atoms with Gasteiger partial charge in [0.1, 0.15) is 11.8 Å². The maximum atomic E-state index is 9.22. The summed E-state index contributed by atoms with van der Waals surface area (Å²) in [5.74, 6) is 0. The number of aliphatic hydroxyl groups is 1. The van der Waals surface area contributed by atoms with Crippen molar-refractivity contribution in [2.24, 2.45) is 0 Å². The molecule has 1 aromatic rings. The minimum Gasteiger partial charge on any atom is -0.374 e. The molecule has 1 N–H and O–H groups in total. The van der Waals surface area contributed by atoms with E-state index >= 15 is 0 Å². The van der Waals surface area contributed by atoms with Gasteiger partial charge in [-0.05, 0) is 6.07 Å². The van der Waals surface area contributed by atoms with Gasteiger partial charge >= 0.3 is 0 Å². The molecule has 0 saturated heterocycles. The van der Waals surface area contributed by atoms with E-state index in [0.717, 1.165) is 0 Å². The second kappa shape index (κ2) is 4.27. The van der Waals surface area contributed by atoms with Crippen LogP contribution in [0.4, 0.5) is 0 Å². The van der Waals surface area contributed by atoms with Gasteiger partial charge < -0.3 is 9.67 Å². The Morgan fingerprint density at radius 1 is 1.64 bits per heavy atom. The van der Waals surface area contributed by atoms with E-state index in [1.165, 1.54) is 6.07 Å². The fourth-order valence-electron chi connectivity index (χ4n) is 1.14. The Balaban J connectivity index is 3.09. The summed E-state index contributed by atoms with van der Waals surface area (Å²) in [7, 11) is 0. The average Bonchev–Trinajstić information content (AvgIpc) is 2.60. The molecule has 0 aromatic carbocycles. The van der Waals surface area contributed by atoms with Crippen LogP contribution in [0.5, 0.6) is 0 Å². The number of aromatic nitrogens is 1. The van der Waals surface area contributed by atoms with Gasteiger partial charge in [-0.3, -0.25) is 0 Å². The first kappa shape index (κ1) is 10.0. The maximum Gasteiger partial charge on any atom is 0.167 e. The lowest BCUT2D eigenvalue weighted by atomic mass is 10.2. The molecule has 1 heterocycles. The summed E-state index contributed by atoms with van der Waals surface area (Å²) in [6, 6.07) is 5.17. The first-order valence-corrected chi connectivity index (χ1v) is 4.01. The largest absolute Gasteiger partial charge is 0.374 e. The highest BCUT2D eigenvalue weighted by atomic mass is 16.3. The van der Waals surface area contributed by atoms with Gasteiger partial charge in [0.05, 0.1) is 6.07 Å². The van der Waals surface area contributed by atoms with E-state index in [0.29, 0.717) is 17.8 Å².